The summed E-state index contributed by atoms with van der Waals surface area (Å²) in [6.07, 6.45) is 5.08. The van der Waals surface area contributed by atoms with Crippen LogP contribution in [0.5, 0.6) is 0 Å². The Hall–Kier alpha value is -1.05. The van der Waals surface area contributed by atoms with Crippen LogP contribution in [0.15, 0.2) is 23.4 Å². The zero-order valence-corrected chi connectivity index (χ0v) is 12.7. The Morgan fingerprint density at radius 1 is 1.33 bits per heavy atom. The summed E-state index contributed by atoms with van der Waals surface area (Å²) in [5.41, 5.74) is 0. The molecule has 2 aliphatic rings. The summed E-state index contributed by atoms with van der Waals surface area (Å²) in [6, 6.07) is 2.51. The average Bonchev–Trinajstić information content (AvgIpc) is 2.99. The lowest BCUT2D eigenvalue weighted by atomic mass is 9.91. The number of halogens is 1. The van der Waals surface area contributed by atoms with Gasteiger partial charge in [0.25, 0.3) is 10.0 Å². The van der Waals surface area contributed by atoms with Crippen LogP contribution in [0, 0.1) is 11.7 Å². The Morgan fingerprint density at radius 2 is 2.19 bits per heavy atom. The second-order valence-corrected chi connectivity index (χ2v) is 7.53. The van der Waals surface area contributed by atoms with Crippen LogP contribution < -0.4 is 5.32 Å². The van der Waals surface area contributed by atoms with Crippen LogP contribution in [0.25, 0.3) is 0 Å². The summed E-state index contributed by atoms with van der Waals surface area (Å²) in [5, 5.41) is 2.88. The highest BCUT2D eigenvalue weighted by Gasteiger charge is 2.41. The third-order valence-corrected chi connectivity index (χ3v) is 6.27. The number of piperidine rings is 1. The molecule has 2 saturated heterocycles. The number of sulfonamides is 1. The molecule has 0 spiro atoms. The van der Waals surface area contributed by atoms with Gasteiger partial charge in [0.2, 0.25) is 5.03 Å². The molecule has 2 aliphatic heterocycles. The molecule has 0 aliphatic carbocycles. The zero-order valence-electron chi connectivity index (χ0n) is 11.8. The van der Waals surface area contributed by atoms with Gasteiger partial charge in [-0.15, -0.1) is 0 Å². The van der Waals surface area contributed by atoms with Crippen molar-refractivity contribution >= 4 is 10.0 Å². The van der Waals surface area contributed by atoms with E-state index in [9.17, 15) is 12.8 Å². The minimum atomic E-state index is -3.85. The number of nitrogens with one attached hydrogen (secondary N) is 1. The van der Waals surface area contributed by atoms with Gasteiger partial charge in [0.15, 0.2) is 5.82 Å². The Labute approximate surface area is 124 Å². The number of pyridine rings is 1. The average molecular weight is 313 g/mol. The van der Waals surface area contributed by atoms with Gasteiger partial charge in [-0.3, -0.25) is 0 Å². The van der Waals surface area contributed by atoms with E-state index in [1.807, 2.05) is 0 Å². The normalized spacial score (nSPS) is 27.9. The molecule has 0 saturated carbocycles. The van der Waals surface area contributed by atoms with Crippen molar-refractivity contribution in [2.75, 3.05) is 19.6 Å². The summed E-state index contributed by atoms with van der Waals surface area (Å²) in [7, 11) is -3.85. The Bertz CT molecular complexity index is 602. The van der Waals surface area contributed by atoms with Crippen LogP contribution in [-0.2, 0) is 10.0 Å². The Balaban J connectivity index is 1.89. The van der Waals surface area contributed by atoms with Crippen LogP contribution in [-0.4, -0.2) is 43.4 Å². The van der Waals surface area contributed by atoms with Crippen LogP contribution >= 0.6 is 0 Å². The fourth-order valence-corrected chi connectivity index (χ4v) is 5.15. The first-order chi connectivity index (χ1) is 10.1. The number of aromatic nitrogens is 1. The van der Waals surface area contributed by atoms with E-state index in [4.69, 9.17) is 0 Å². The molecular weight excluding hydrogens is 293 g/mol. The topological polar surface area (TPSA) is 62.3 Å². The molecule has 0 aromatic carbocycles. The molecule has 5 nitrogen and oxygen atoms in total. The molecule has 2 atom stereocenters. The van der Waals surface area contributed by atoms with E-state index < -0.39 is 20.9 Å². The quantitative estimate of drug-likeness (QED) is 0.915. The maximum absolute atomic E-state index is 13.8. The zero-order chi connectivity index (χ0) is 14.9. The van der Waals surface area contributed by atoms with Crippen molar-refractivity contribution < 1.29 is 12.8 Å². The predicted molar refractivity (Wildman–Crippen MR) is 76.7 cm³/mol. The van der Waals surface area contributed by atoms with E-state index in [0.717, 1.165) is 44.8 Å². The minimum absolute atomic E-state index is 0.0378. The fraction of sp³-hybridized carbons (Fsp3) is 0.643. The van der Waals surface area contributed by atoms with Gasteiger partial charge >= 0.3 is 0 Å². The van der Waals surface area contributed by atoms with Gasteiger partial charge in [-0.2, -0.15) is 4.31 Å². The molecule has 3 rings (SSSR count). The second kappa shape index (κ2) is 5.98. The molecule has 0 bridgehead atoms. The van der Waals surface area contributed by atoms with Crippen molar-refractivity contribution in [3.8, 4) is 0 Å². The van der Waals surface area contributed by atoms with Crippen molar-refractivity contribution in [3.63, 3.8) is 0 Å². The smallest absolute Gasteiger partial charge is 0.263 e. The van der Waals surface area contributed by atoms with Gasteiger partial charge in [-0.25, -0.2) is 17.8 Å². The van der Waals surface area contributed by atoms with Gasteiger partial charge < -0.3 is 5.32 Å². The lowest BCUT2D eigenvalue weighted by Crippen LogP contribution is -2.45. The van der Waals surface area contributed by atoms with Gasteiger partial charge in [0, 0.05) is 18.8 Å². The van der Waals surface area contributed by atoms with E-state index in [1.54, 1.807) is 0 Å². The van der Waals surface area contributed by atoms with E-state index in [1.165, 1.54) is 16.6 Å². The van der Waals surface area contributed by atoms with Crippen LogP contribution in [0.4, 0.5) is 4.39 Å². The number of hydrogen-bond donors (Lipinski definition) is 1. The third kappa shape index (κ3) is 2.82. The van der Waals surface area contributed by atoms with Crippen LogP contribution in [0.2, 0.25) is 0 Å². The molecule has 3 heterocycles. The Morgan fingerprint density at radius 3 is 2.90 bits per heavy atom. The molecule has 7 heteroatoms. The highest BCUT2D eigenvalue weighted by Crippen LogP contribution is 2.32. The first-order valence-corrected chi connectivity index (χ1v) is 8.88. The summed E-state index contributed by atoms with van der Waals surface area (Å²) in [6.45, 7) is 2.28. The molecular formula is C14H20FN3O2S. The summed E-state index contributed by atoms with van der Waals surface area (Å²) in [5.74, 6) is -0.465. The molecule has 21 heavy (non-hydrogen) atoms. The maximum atomic E-state index is 13.8. The molecule has 2 unspecified atom stereocenters. The van der Waals surface area contributed by atoms with Gasteiger partial charge in [-0.1, -0.05) is 0 Å². The van der Waals surface area contributed by atoms with Crippen molar-refractivity contribution in [3.05, 3.63) is 24.1 Å². The molecule has 1 N–H and O–H groups in total. The van der Waals surface area contributed by atoms with Crippen molar-refractivity contribution in [1.82, 2.24) is 14.6 Å². The van der Waals surface area contributed by atoms with Crippen molar-refractivity contribution in [2.24, 2.45) is 5.92 Å². The summed E-state index contributed by atoms with van der Waals surface area (Å²) < 4.78 is 40.7. The molecule has 116 valence electrons. The summed E-state index contributed by atoms with van der Waals surface area (Å²) in [4.78, 5) is 3.75. The monoisotopic (exact) mass is 313 g/mol. The van der Waals surface area contributed by atoms with Crippen molar-refractivity contribution in [1.29, 1.82) is 0 Å². The van der Waals surface area contributed by atoms with Crippen LogP contribution in [0.3, 0.4) is 0 Å². The molecule has 0 amide bonds. The SMILES string of the molecule is O=S(=O)(c1ncccc1F)N1CCCC1C1CCCNC1. The lowest BCUT2D eigenvalue weighted by Gasteiger charge is -2.33. The first kappa shape index (κ1) is 14.9. The van der Waals surface area contributed by atoms with Crippen molar-refractivity contribution in [2.45, 2.75) is 36.8 Å². The highest BCUT2D eigenvalue weighted by atomic mass is 32.2. The first-order valence-electron chi connectivity index (χ1n) is 7.44. The van der Waals surface area contributed by atoms with E-state index >= 15 is 0 Å². The molecule has 1 aromatic rings. The largest absolute Gasteiger partial charge is 0.316 e. The van der Waals surface area contributed by atoms with Crippen LogP contribution in [0.1, 0.15) is 25.7 Å². The highest BCUT2D eigenvalue weighted by molar-refractivity contribution is 7.89. The second-order valence-electron chi connectivity index (χ2n) is 5.72. The third-order valence-electron chi connectivity index (χ3n) is 4.41. The fourth-order valence-electron chi connectivity index (χ4n) is 3.41. The van der Waals surface area contributed by atoms with Gasteiger partial charge in [-0.05, 0) is 56.8 Å². The lowest BCUT2D eigenvalue weighted by molar-refractivity contribution is 0.238. The van der Waals surface area contributed by atoms with Gasteiger partial charge in [0.1, 0.15) is 0 Å². The van der Waals surface area contributed by atoms with E-state index in [2.05, 4.69) is 10.3 Å². The summed E-state index contributed by atoms with van der Waals surface area (Å²) >= 11 is 0. The molecule has 1 aromatic heterocycles. The number of nitrogens with zero attached hydrogens (tertiary/aromatic N) is 2. The minimum Gasteiger partial charge on any atom is -0.316 e. The number of hydrogen-bond acceptors (Lipinski definition) is 4. The molecule has 2 fully saturated rings. The van der Waals surface area contributed by atoms with E-state index in [0.29, 0.717) is 12.5 Å². The Kier molecular flexibility index (Phi) is 4.24. The standard InChI is InChI=1S/C14H20FN3O2S/c15-12-5-2-8-17-14(12)21(19,20)18-9-3-6-13(18)11-4-1-7-16-10-11/h2,5,8,11,13,16H,1,3-4,6-7,9-10H2. The number of rotatable bonds is 3. The van der Waals surface area contributed by atoms with E-state index in [-0.39, 0.29) is 6.04 Å². The maximum Gasteiger partial charge on any atom is 0.263 e. The predicted octanol–water partition coefficient (Wildman–Crippen LogP) is 1.37. The van der Waals surface area contributed by atoms with Gasteiger partial charge in [0.05, 0.1) is 0 Å². The molecule has 0 radical (unpaired) electrons.